The van der Waals surface area contributed by atoms with Gasteiger partial charge in [0.2, 0.25) is 0 Å². The molecule has 7 rings (SSSR count). The fourth-order valence-electron chi connectivity index (χ4n) is 5.81. The van der Waals surface area contributed by atoms with E-state index in [-0.39, 0.29) is 23.9 Å². The van der Waals surface area contributed by atoms with E-state index in [0.717, 1.165) is 85.6 Å². The molecule has 0 bridgehead atoms. The number of carbonyl (C=O) groups is 5. The Morgan fingerprint density at radius 3 is 2.08 bits per heavy atom. The van der Waals surface area contributed by atoms with E-state index >= 15 is 0 Å². The van der Waals surface area contributed by atoms with Crippen LogP contribution in [-0.4, -0.2) is 98.3 Å². The lowest BCUT2D eigenvalue weighted by atomic mass is 9.98. The molecule has 13 heteroatoms. The van der Waals surface area contributed by atoms with Crippen LogP contribution in [0.15, 0.2) is 54.6 Å². The predicted octanol–water partition coefficient (Wildman–Crippen LogP) is 5.93. The number of ketones is 3. The van der Waals surface area contributed by atoms with E-state index in [9.17, 15) is 24.0 Å². The zero-order valence-electron chi connectivity index (χ0n) is 29.4. The van der Waals surface area contributed by atoms with Gasteiger partial charge in [-0.1, -0.05) is 6.07 Å². The van der Waals surface area contributed by atoms with Gasteiger partial charge in [-0.3, -0.25) is 24.0 Å². The average Bonchev–Trinajstić information content (AvgIpc) is 3.53. The number of aromatic nitrogens is 1. The number of nitrogens with one attached hydrogen (secondary N) is 1. The van der Waals surface area contributed by atoms with Crippen molar-refractivity contribution in [1.82, 2.24) is 14.8 Å². The first-order valence-corrected chi connectivity index (χ1v) is 19.0. The number of carbonyl (C=O) groups excluding carboxylic acids is 5. The van der Waals surface area contributed by atoms with Crippen molar-refractivity contribution in [3.8, 4) is 0 Å². The summed E-state index contributed by atoms with van der Waals surface area (Å²) in [7, 11) is 8.21. The largest absolute Gasteiger partial charge is 0.330 e. The first-order valence-electron chi connectivity index (χ1n) is 16.8. The van der Waals surface area contributed by atoms with Crippen molar-refractivity contribution in [2.75, 3.05) is 64.6 Å². The number of nitrogens with zero attached hydrogens (tertiary/aromatic N) is 4. The molecule has 3 aliphatic rings. The third kappa shape index (κ3) is 10.8. The lowest BCUT2D eigenvalue weighted by Crippen LogP contribution is -2.30. The molecule has 2 aliphatic heterocycles. The number of hydrogen-bond acceptors (Lipinski definition) is 9. The number of rotatable bonds is 7. The maximum Gasteiger partial charge on any atom is 0.296 e. The lowest BCUT2D eigenvalue weighted by molar-refractivity contribution is -0.129. The summed E-state index contributed by atoms with van der Waals surface area (Å²) in [5, 5.41) is 4.44. The molecule has 1 aromatic heterocycles. The second-order valence-corrected chi connectivity index (χ2v) is 15.5. The Bertz CT molecular complexity index is 1930. The van der Waals surface area contributed by atoms with Crippen LogP contribution in [0, 0.1) is 7.14 Å². The van der Waals surface area contributed by atoms with Gasteiger partial charge in [0.15, 0.2) is 0 Å². The van der Waals surface area contributed by atoms with Crippen molar-refractivity contribution >= 4 is 108 Å². The number of hydrogen-bond donors (Lipinski definition) is 2. The Hall–Kier alpha value is -3.38. The van der Waals surface area contributed by atoms with Crippen LogP contribution in [0.1, 0.15) is 59.2 Å². The Kier molecular flexibility index (Phi) is 15.0. The van der Waals surface area contributed by atoms with Gasteiger partial charge in [-0.2, -0.15) is 0 Å². The summed E-state index contributed by atoms with van der Waals surface area (Å²) in [6.45, 7) is 3.61. The van der Waals surface area contributed by atoms with Crippen LogP contribution < -0.4 is 16.0 Å². The summed E-state index contributed by atoms with van der Waals surface area (Å²) in [5.41, 5.74) is 9.95. The predicted molar refractivity (Wildman–Crippen MR) is 220 cm³/mol. The molecule has 11 nitrogen and oxygen atoms in total. The molecule has 1 fully saturated rings. The van der Waals surface area contributed by atoms with Gasteiger partial charge < -0.3 is 25.8 Å². The van der Waals surface area contributed by atoms with E-state index in [4.69, 9.17) is 10.7 Å². The number of halogens is 2. The molecule has 270 valence electrons. The van der Waals surface area contributed by atoms with Crippen molar-refractivity contribution < 1.29 is 24.0 Å². The minimum absolute atomic E-state index is 0.106. The second kappa shape index (κ2) is 18.9. The number of nitrogens with two attached hydrogens (primary N) is 1. The molecule has 4 aromatic rings. The zero-order valence-corrected chi connectivity index (χ0v) is 33.7. The average molecular weight is 919 g/mol. The molecule has 3 N–H and O–H groups in total. The maximum atomic E-state index is 13.2. The molecular weight excluding hydrogens is 874 g/mol. The van der Waals surface area contributed by atoms with E-state index in [2.05, 4.69) is 94.6 Å². The second-order valence-electron chi connectivity index (χ2n) is 13.0. The Labute approximate surface area is 326 Å². The van der Waals surface area contributed by atoms with Gasteiger partial charge in [-0.05, 0) is 161 Å². The monoisotopic (exact) mass is 918 g/mol. The fourth-order valence-corrected chi connectivity index (χ4v) is 6.79. The molecule has 3 heterocycles. The summed E-state index contributed by atoms with van der Waals surface area (Å²) in [5.74, 6) is -0.646. The van der Waals surface area contributed by atoms with E-state index in [1.807, 2.05) is 41.3 Å². The standard InChI is InChI=1S/C19H18IN3O.C8H4INO2.C6H8O2.C5H14N2/c1-22(2)9-4-10-23-16-6-3-5-15-18(16)17(19(23)24)13-11-12(20)7-8-14(13)21-15;9-4-1-2-6-5(3-4)7(11)8(12)10-6;7-5-2-1-3-6(8)4-5;1-7(2)5-3-4-6/h3,5-8,11H,4,9-10H2,1-2H3;1-3H,(H,10,11,12);1-4H2;3-6H2,1-2H3. The molecule has 2 amide bonds. The molecule has 0 radical (unpaired) electrons. The third-order valence-corrected chi connectivity index (χ3v) is 9.61. The van der Waals surface area contributed by atoms with Gasteiger partial charge in [0, 0.05) is 37.3 Å². The Balaban J connectivity index is 0.000000179. The summed E-state index contributed by atoms with van der Waals surface area (Å²) in [4.78, 5) is 67.0. The number of Topliss-reactive ketones (excluding diaryl/α,β-unsaturated/α-hetero) is 3. The molecule has 0 saturated heterocycles. The van der Waals surface area contributed by atoms with Gasteiger partial charge in [-0.25, -0.2) is 4.98 Å². The molecule has 1 saturated carbocycles. The molecular formula is C38H44I2N6O5. The van der Waals surface area contributed by atoms with Gasteiger partial charge in [-0.15, -0.1) is 0 Å². The van der Waals surface area contributed by atoms with Crippen LogP contribution in [0.25, 0.3) is 21.8 Å². The normalized spacial score (nSPS) is 14.6. The number of pyridine rings is 1. The molecule has 0 spiro atoms. The van der Waals surface area contributed by atoms with Crippen LogP contribution in [-0.2, 0) is 14.4 Å². The van der Waals surface area contributed by atoms with E-state index in [0.29, 0.717) is 24.1 Å². The number of amides is 2. The van der Waals surface area contributed by atoms with Crippen LogP contribution in [0.2, 0.25) is 0 Å². The highest BCUT2D eigenvalue weighted by molar-refractivity contribution is 14.1. The lowest BCUT2D eigenvalue weighted by Gasteiger charge is -2.19. The summed E-state index contributed by atoms with van der Waals surface area (Å²) >= 11 is 4.38. The quantitative estimate of drug-likeness (QED) is 0.0999. The number of anilines is 2. The van der Waals surface area contributed by atoms with Gasteiger partial charge >= 0.3 is 0 Å². The van der Waals surface area contributed by atoms with E-state index in [1.165, 1.54) is 0 Å². The maximum absolute atomic E-state index is 13.2. The van der Waals surface area contributed by atoms with Crippen molar-refractivity contribution in [2.45, 2.75) is 38.5 Å². The molecule has 1 aliphatic carbocycles. The summed E-state index contributed by atoms with van der Waals surface area (Å²) < 4.78 is 2.07. The number of fused-ring (bicyclic) bond motifs is 3. The van der Waals surface area contributed by atoms with Gasteiger partial charge in [0.25, 0.3) is 17.6 Å². The van der Waals surface area contributed by atoms with Crippen LogP contribution >= 0.6 is 45.2 Å². The topological polar surface area (TPSA) is 146 Å². The molecule has 3 aromatic carbocycles. The first-order chi connectivity index (χ1) is 24.3. The molecule has 0 unspecified atom stereocenters. The molecule has 51 heavy (non-hydrogen) atoms. The summed E-state index contributed by atoms with van der Waals surface area (Å²) in [6, 6.07) is 17.4. The smallest absolute Gasteiger partial charge is 0.296 e. The highest BCUT2D eigenvalue weighted by Crippen LogP contribution is 2.40. The minimum atomic E-state index is -0.535. The van der Waals surface area contributed by atoms with E-state index < -0.39 is 11.7 Å². The van der Waals surface area contributed by atoms with Crippen LogP contribution in [0.5, 0.6) is 0 Å². The van der Waals surface area contributed by atoms with E-state index in [1.54, 1.807) is 12.1 Å². The highest BCUT2D eigenvalue weighted by Gasteiger charge is 2.32. The van der Waals surface area contributed by atoms with Crippen molar-refractivity contribution in [1.29, 1.82) is 0 Å². The Morgan fingerprint density at radius 2 is 1.47 bits per heavy atom. The molecule has 0 atom stereocenters. The van der Waals surface area contributed by atoms with Crippen LogP contribution in [0.3, 0.4) is 0 Å². The summed E-state index contributed by atoms with van der Waals surface area (Å²) in [6.07, 6.45) is 4.26. The fraction of sp³-hybridized carbons (Fsp3) is 0.368. The van der Waals surface area contributed by atoms with Crippen LogP contribution in [0.4, 0.5) is 11.4 Å². The zero-order chi connectivity index (χ0) is 37.2. The minimum Gasteiger partial charge on any atom is -0.330 e. The van der Waals surface area contributed by atoms with Crippen molar-refractivity contribution in [3.63, 3.8) is 0 Å². The van der Waals surface area contributed by atoms with Crippen molar-refractivity contribution in [2.24, 2.45) is 5.73 Å². The van der Waals surface area contributed by atoms with Gasteiger partial charge in [0.05, 0.1) is 40.0 Å². The SMILES string of the molecule is CN(C)CCCN.CN(C)CCCN1C(=O)c2c3cc(I)ccc3nc3cccc1c23.O=C1CCCC(=O)C1.O=C1Nc2ccc(I)cc2C1=O. The highest BCUT2D eigenvalue weighted by atomic mass is 127. The number of benzene rings is 3. The third-order valence-electron chi connectivity index (χ3n) is 8.27. The first kappa shape index (κ1) is 40.4. The van der Waals surface area contributed by atoms with Gasteiger partial charge in [0.1, 0.15) is 11.6 Å². The Morgan fingerprint density at radius 1 is 0.824 bits per heavy atom. The van der Waals surface area contributed by atoms with Crippen molar-refractivity contribution in [3.05, 3.63) is 72.9 Å².